The van der Waals surface area contributed by atoms with Gasteiger partial charge in [0.2, 0.25) is 0 Å². The zero-order valence-electron chi connectivity index (χ0n) is 15.6. The smallest absolute Gasteiger partial charge is 0.196 e. The molecule has 1 aromatic rings. The molecule has 2 rings (SSSR count). The maximum absolute atomic E-state index is 9.61. The summed E-state index contributed by atoms with van der Waals surface area (Å²) in [5.74, 6) is 1.66. The Hall–Kier alpha value is -1.06. The van der Waals surface area contributed by atoms with Crippen LogP contribution in [0, 0.1) is 5.92 Å². The van der Waals surface area contributed by atoms with Gasteiger partial charge in [-0.1, -0.05) is 58.1 Å². The van der Waals surface area contributed by atoms with Crippen LogP contribution in [0.25, 0.3) is 0 Å². The van der Waals surface area contributed by atoms with Crippen molar-refractivity contribution >= 4 is 0 Å². The molecule has 1 aromatic carbocycles. The van der Waals surface area contributed by atoms with Crippen LogP contribution in [0.1, 0.15) is 71.3 Å². The van der Waals surface area contributed by atoms with E-state index in [0.717, 1.165) is 36.7 Å². The van der Waals surface area contributed by atoms with E-state index in [-0.39, 0.29) is 18.3 Å². The first-order chi connectivity index (χ1) is 11.6. The van der Waals surface area contributed by atoms with E-state index in [1.165, 1.54) is 32.1 Å². The van der Waals surface area contributed by atoms with Crippen LogP contribution in [0.15, 0.2) is 24.3 Å². The number of aliphatic hydroxyl groups excluding tert-OH is 1. The van der Waals surface area contributed by atoms with Crippen molar-refractivity contribution in [3.05, 3.63) is 29.8 Å². The van der Waals surface area contributed by atoms with Crippen molar-refractivity contribution in [3.8, 4) is 5.75 Å². The number of ether oxygens (including phenoxy) is 2. The summed E-state index contributed by atoms with van der Waals surface area (Å²) in [6.07, 6.45) is 8.72. The summed E-state index contributed by atoms with van der Waals surface area (Å²) in [7, 11) is 0. The molecule has 0 radical (unpaired) electrons. The van der Waals surface area contributed by atoms with Crippen molar-refractivity contribution < 1.29 is 14.6 Å². The monoisotopic (exact) mass is 334 g/mol. The lowest BCUT2D eigenvalue weighted by Crippen LogP contribution is -2.25. The third-order valence-corrected chi connectivity index (χ3v) is 5.59. The van der Waals surface area contributed by atoms with E-state index < -0.39 is 0 Å². The van der Waals surface area contributed by atoms with E-state index in [9.17, 15) is 5.11 Å². The van der Waals surface area contributed by atoms with Gasteiger partial charge in [0.15, 0.2) is 6.29 Å². The minimum Gasteiger partial charge on any atom is -0.465 e. The fourth-order valence-corrected chi connectivity index (χ4v) is 3.45. The van der Waals surface area contributed by atoms with Gasteiger partial charge in [-0.15, -0.1) is 0 Å². The molecule has 1 aliphatic rings. The number of aliphatic hydroxyl groups is 1. The molecule has 1 fully saturated rings. The molecule has 136 valence electrons. The van der Waals surface area contributed by atoms with Crippen molar-refractivity contribution in [2.75, 3.05) is 13.2 Å². The highest BCUT2D eigenvalue weighted by Gasteiger charge is 2.23. The fourth-order valence-electron chi connectivity index (χ4n) is 3.45. The summed E-state index contributed by atoms with van der Waals surface area (Å²) < 4.78 is 11.7. The molecule has 2 atom stereocenters. The zero-order valence-corrected chi connectivity index (χ0v) is 15.6. The van der Waals surface area contributed by atoms with Crippen molar-refractivity contribution in [3.63, 3.8) is 0 Å². The third kappa shape index (κ3) is 5.49. The van der Waals surface area contributed by atoms with Crippen LogP contribution in [0.4, 0.5) is 0 Å². The molecule has 0 heterocycles. The van der Waals surface area contributed by atoms with Crippen molar-refractivity contribution in [1.82, 2.24) is 0 Å². The van der Waals surface area contributed by atoms with Crippen LogP contribution in [0.2, 0.25) is 0 Å². The molecule has 2 unspecified atom stereocenters. The highest BCUT2D eigenvalue weighted by atomic mass is 16.7. The Kier molecular flexibility index (Phi) is 7.57. The summed E-state index contributed by atoms with van der Waals surface area (Å²) in [5, 5.41) is 9.61. The average Bonchev–Trinajstić information content (AvgIpc) is 2.62. The predicted molar refractivity (Wildman–Crippen MR) is 98.4 cm³/mol. The van der Waals surface area contributed by atoms with E-state index >= 15 is 0 Å². The second-order valence-electron chi connectivity index (χ2n) is 7.45. The SMILES string of the molecule is CCC(C)(CO)c1ccc(OC(C)OCCC2CCCCC2)cc1. The Morgan fingerprint density at radius 1 is 1.17 bits per heavy atom. The lowest BCUT2D eigenvalue weighted by Gasteiger charge is -2.26. The summed E-state index contributed by atoms with van der Waals surface area (Å²) in [6.45, 7) is 7.08. The highest BCUT2D eigenvalue weighted by Crippen LogP contribution is 2.29. The van der Waals surface area contributed by atoms with Gasteiger partial charge in [0, 0.05) is 5.41 Å². The molecule has 3 heteroatoms. The molecule has 1 saturated carbocycles. The van der Waals surface area contributed by atoms with Gasteiger partial charge in [0.1, 0.15) is 5.75 Å². The Balaban J connectivity index is 1.76. The van der Waals surface area contributed by atoms with Gasteiger partial charge in [-0.3, -0.25) is 0 Å². The van der Waals surface area contributed by atoms with Gasteiger partial charge in [-0.25, -0.2) is 0 Å². The molecular formula is C21H34O3. The van der Waals surface area contributed by atoms with Crippen LogP contribution in [-0.2, 0) is 10.2 Å². The van der Waals surface area contributed by atoms with Crippen LogP contribution < -0.4 is 4.74 Å². The zero-order chi connectivity index (χ0) is 17.4. The summed E-state index contributed by atoms with van der Waals surface area (Å²) >= 11 is 0. The Morgan fingerprint density at radius 3 is 2.42 bits per heavy atom. The van der Waals surface area contributed by atoms with Gasteiger partial charge in [0.25, 0.3) is 0 Å². The van der Waals surface area contributed by atoms with E-state index in [4.69, 9.17) is 9.47 Å². The third-order valence-electron chi connectivity index (χ3n) is 5.59. The molecule has 3 nitrogen and oxygen atoms in total. The maximum Gasteiger partial charge on any atom is 0.196 e. The van der Waals surface area contributed by atoms with E-state index in [1.807, 2.05) is 31.2 Å². The first-order valence-electron chi connectivity index (χ1n) is 9.57. The second-order valence-corrected chi connectivity index (χ2v) is 7.45. The first kappa shape index (κ1) is 19.3. The van der Waals surface area contributed by atoms with Gasteiger partial charge in [-0.05, 0) is 43.4 Å². The number of benzene rings is 1. The average molecular weight is 335 g/mol. The molecule has 0 aliphatic heterocycles. The number of hydrogen-bond donors (Lipinski definition) is 1. The minimum atomic E-state index is -0.227. The molecule has 1 N–H and O–H groups in total. The molecule has 0 amide bonds. The molecule has 0 bridgehead atoms. The number of hydrogen-bond acceptors (Lipinski definition) is 3. The Labute approximate surface area is 147 Å². The first-order valence-corrected chi connectivity index (χ1v) is 9.57. The quantitative estimate of drug-likeness (QED) is 0.642. The molecule has 0 aromatic heterocycles. The van der Waals surface area contributed by atoms with E-state index in [1.54, 1.807) is 0 Å². The van der Waals surface area contributed by atoms with Crippen LogP contribution in [0.5, 0.6) is 5.75 Å². The molecule has 0 spiro atoms. The maximum atomic E-state index is 9.61. The minimum absolute atomic E-state index is 0.157. The lowest BCUT2D eigenvalue weighted by molar-refractivity contribution is -0.0711. The second kappa shape index (κ2) is 9.43. The Bertz CT molecular complexity index is 458. The molecule has 24 heavy (non-hydrogen) atoms. The number of rotatable bonds is 9. The Morgan fingerprint density at radius 2 is 1.83 bits per heavy atom. The standard InChI is InChI=1S/C21H34O3/c1-4-21(3,16-22)19-10-12-20(13-11-19)24-17(2)23-15-14-18-8-6-5-7-9-18/h10-13,17-18,22H,4-9,14-16H2,1-3H3. The van der Waals surface area contributed by atoms with Gasteiger partial charge in [-0.2, -0.15) is 0 Å². The molecule has 0 saturated heterocycles. The van der Waals surface area contributed by atoms with Crippen LogP contribution in [-0.4, -0.2) is 24.6 Å². The lowest BCUT2D eigenvalue weighted by atomic mass is 9.81. The molecular weight excluding hydrogens is 300 g/mol. The summed E-state index contributed by atoms with van der Waals surface area (Å²) in [5.41, 5.74) is 0.964. The van der Waals surface area contributed by atoms with Gasteiger partial charge in [0.05, 0.1) is 13.2 Å². The van der Waals surface area contributed by atoms with E-state index in [0.29, 0.717) is 0 Å². The van der Waals surface area contributed by atoms with Crippen molar-refractivity contribution in [1.29, 1.82) is 0 Å². The fraction of sp³-hybridized carbons (Fsp3) is 0.714. The van der Waals surface area contributed by atoms with Gasteiger partial charge >= 0.3 is 0 Å². The van der Waals surface area contributed by atoms with Crippen molar-refractivity contribution in [2.45, 2.75) is 77.4 Å². The predicted octanol–water partition coefficient (Wildman–Crippen LogP) is 5.06. The van der Waals surface area contributed by atoms with Crippen LogP contribution >= 0.6 is 0 Å². The molecule has 1 aliphatic carbocycles. The topological polar surface area (TPSA) is 38.7 Å². The highest BCUT2D eigenvalue weighted by molar-refractivity contribution is 5.32. The normalized spacial score (nSPS) is 19.7. The van der Waals surface area contributed by atoms with E-state index in [2.05, 4.69) is 13.8 Å². The summed E-state index contributed by atoms with van der Waals surface area (Å²) in [4.78, 5) is 0. The van der Waals surface area contributed by atoms with Crippen molar-refractivity contribution in [2.24, 2.45) is 5.92 Å². The summed E-state index contributed by atoms with van der Waals surface area (Å²) in [6, 6.07) is 8.04. The van der Waals surface area contributed by atoms with Gasteiger partial charge < -0.3 is 14.6 Å². The van der Waals surface area contributed by atoms with Crippen LogP contribution in [0.3, 0.4) is 0 Å². The largest absolute Gasteiger partial charge is 0.465 e.